The van der Waals surface area contributed by atoms with Crippen LogP contribution in [0.25, 0.3) is 0 Å². The molecule has 1 aromatic heterocycles. The third-order valence-electron chi connectivity index (χ3n) is 2.80. The van der Waals surface area contributed by atoms with E-state index in [0.717, 1.165) is 0 Å². The minimum Gasteiger partial charge on any atom is -0.384 e. The molecule has 0 radical (unpaired) electrons. The molecule has 1 unspecified atom stereocenters. The maximum atomic E-state index is 11.3. The molecule has 0 saturated carbocycles. The van der Waals surface area contributed by atoms with E-state index in [0.29, 0.717) is 34.4 Å². The lowest BCUT2D eigenvalue weighted by atomic mass is 10.3. The fourth-order valence-electron chi connectivity index (χ4n) is 1.58. The van der Waals surface area contributed by atoms with Gasteiger partial charge in [0.15, 0.2) is 0 Å². The average molecular weight is 414 g/mol. The second-order valence-electron chi connectivity index (χ2n) is 4.88. The van der Waals surface area contributed by atoms with Crippen molar-refractivity contribution in [1.82, 2.24) is 15.3 Å². The highest BCUT2D eigenvalue weighted by atomic mass is 32.1. The van der Waals surface area contributed by atoms with Gasteiger partial charge in [0.25, 0.3) is 0 Å². The molecule has 1 rings (SSSR count). The van der Waals surface area contributed by atoms with Crippen LogP contribution in [0.5, 0.6) is 0 Å². The van der Waals surface area contributed by atoms with Crippen LogP contribution in [0.1, 0.15) is 24.7 Å². The molecule has 1 atom stereocenters. The highest BCUT2D eigenvalue weighted by molar-refractivity contribution is 7.84. The average Bonchev–Trinajstić information content (AvgIpc) is 2.43. The van der Waals surface area contributed by atoms with E-state index in [2.05, 4.69) is 36.7 Å². The van der Waals surface area contributed by atoms with Crippen LogP contribution in [0.2, 0.25) is 0 Å². The molecule has 0 aliphatic heterocycles. The molecule has 0 aromatic carbocycles. The summed E-state index contributed by atoms with van der Waals surface area (Å²) in [6.07, 6.45) is 1.71. The zero-order valence-corrected chi connectivity index (χ0v) is 16.2. The number of nitrogens with two attached hydrogens (primary N) is 1. The summed E-state index contributed by atoms with van der Waals surface area (Å²) in [4.78, 5) is 34.7. The molecule has 6 N–H and O–H groups in total. The number of rotatable bonds is 9. The van der Waals surface area contributed by atoms with Crippen LogP contribution < -0.4 is 11.1 Å². The summed E-state index contributed by atoms with van der Waals surface area (Å²) in [5.74, 6) is 0.916. The number of hydrogen-bond acceptors (Lipinski definition) is 9. The molecule has 0 spiro atoms. The summed E-state index contributed by atoms with van der Waals surface area (Å²) in [5.41, 5.74) is 7.12. The number of phosphoric acid groups is 2. The first-order valence-corrected chi connectivity index (χ1v) is 10.3. The zero-order chi connectivity index (χ0) is 19.3. The number of phosphoric ester groups is 1. The van der Waals surface area contributed by atoms with E-state index in [1.165, 1.54) is 0 Å². The maximum Gasteiger partial charge on any atom is 0.481 e. The summed E-state index contributed by atoms with van der Waals surface area (Å²) in [6, 6.07) is 0. The zero-order valence-electron chi connectivity index (χ0n) is 13.5. The van der Waals surface area contributed by atoms with Gasteiger partial charge in [0.1, 0.15) is 11.6 Å². The molecule has 1 heterocycles. The number of nitrogens with zero attached hydrogens (tertiary/aromatic N) is 2. The first-order chi connectivity index (χ1) is 11.4. The molecular formula is C11H20N4O7P2S. The summed E-state index contributed by atoms with van der Waals surface area (Å²) in [5, 5.41) is 3.05. The lowest BCUT2D eigenvalue weighted by Crippen LogP contribution is -2.15. The SMILES string of the molecule is C/C(NCc1cnc(C)nc1N)=C(/S)CCOP(=O)(O)OP(=O)(O)O. The van der Waals surface area contributed by atoms with E-state index in [1.54, 1.807) is 20.0 Å². The molecule has 0 fully saturated rings. The summed E-state index contributed by atoms with van der Waals surface area (Å²) >= 11 is 4.24. The molecule has 142 valence electrons. The quantitative estimate of drug-likeness (QED) is 0.253. The van der Waals surface area contributed by atoms with Crippen LogP contribution in [0, 0.1) is 6.92 Å². The first-order valence-electron chi connectivity index (χ1n) is 6.84. The Hall–Kier alpha value is -0.970. The largest absolute Gasteiger partial charge is 0.481 e. The molecule has 1 aromatic rings. The van der Waals surface area contributed by atoms with Gasteiger partial charge in [-0.1, -0.05) is 0 Å². The minimum absolute atomic E-state index is 0.108. The van der Waals surface area contributed by atoms with E-state index in [9.17, 15) is 9.13 Å². The van der Waals surface area contributed by atoms with Crippen LogP contribution in [-0.4, -0.2) is 31.3 Å². The van der Waals surface area contributed by atoms with E-state index in [1.807, 2.05) is 0 Å². The molecule has 0 amide bonds. The molecule has 25 heavy (non-hydrogen) atoms. The molecule has 14 heteroatoms. The van der Waals surface area contributed by atoms with Crippen LogP contribution in [0.3, 0.4) is 0 Å². The van der Waals surface area contributed by atoms with Crippen LogP contribution in [0.4, 0.5) is 5.82 Å². The Morgan fingerprint density at radius 3 is 2.60 bits per heavy atom. The molecule has 0 aliphatic carbocycles. The number of aryl methyl sites for hydroxylation is 1. The van der Waals surface area contributed by atoms with E-state index in [-0.39, 0.29) is 13.0 Å². The van der Waals surface area contributed by atoms with Gasteiger partial charge in [0, 0.05) is 35.3 Å². The van der Waals surface area contributed by atoms with Crippen molar-refractivity contribution in [2.45, 2.75) is 26.8 Å². The number of aromatic nitrogens is 2. The van der Waals surface area contributed by atoms with Crippen molar-refractivity contribution in [2.24, 2.45) is 0 Å². The number of nitrogen functional groups attached to an aromatic ring is 1. The lowest BCUT2D eigenvalue weighted by Gasteiger charge is -2.14. The van der Waals surface area contributed by atoms with Crippen molar-refractivity contribution < 1.29 is 32.6 Å². The lowest BCUT2D eigenvalue weighted by molar-refractivity contribution is 0.180. The smallest absolute Gasteiger partial charge is 0.384 e. The van der Waals surface area contributed by atoms with Crippen molar-refractivity contribution in [2.75, 3.05) is 12.3 Å². The van der Waals surface area contributed by atoms with Crippen molar-refractivity contribution in [3.8, 4) is 0 Å². The van der Waals surface area contributed by atoms with E-state index < -0.39 is 15.6 Å². The second kappa shape index (κ2) is 9.11. The normalized spacial score (nSPS) is 15.4. The van der Waals surface area contributed by atoms with Crippen molar-refractivity contribution in [3.63, 3.8) is 0 Å². The second-order valence-corrected chi connectivity index (χ2v) is 8.25. The van der Waals surface area contributed by atoms with Gasteiger partial charge < -0.3 is 25.7 Å². The third-order valence-corrected chi connectivity index (χ3v) is 5.54. The summed E-state index contributed by atoms with van der Waals surface area (Å²) < 4.78 is 30.0. The van der Waals surface area contributed by atoms with Gasteiger partial charge in [0.2, 0.25) is 0 Å². The number of nitrogens with one attached hydrogen (secondary N) is 1. The van der Waals surface area contributed by atoms with Gasteiger partial charge in [-0.25, -0.2) is 19.1 Å². The molecule has 11 nitrogen and oxygen atoms in total. The highest BCUT2D eigenvalue weighted by Crippen LogP contribution is 2.57. The molecule has 0 bridgehead atoms. The van der Waals surface area contributed by atoms with Crippen molar-refractivity contribution in [1.29, 1.82) is 0 Å². The van der Waals surface area contributed by atoms with Crippen LogP contribution >= 0.6 is 28.3 Å². The predicted octanol–water partition coefficient (Wildman–Crippen LogP) is 1.23. The van der Waals surface area contributed by atoms with Gasteiger partial charge in [-0.3, -0.25) is 4.52 Å². The van der Waals surface area contributed by atoms with E-state index >= 15 is 0 Å². The minimum atomic E-state index is -5.13. The van der Waals surface area contributed by atoms with Gasteiger partial charge in [0.05, 0.1) is 6.61 Å². The number of anilines is 1. The predicted molar refractivity (Wildman–Crippen MR) is 93.2 cm³/mol. The Labute approximate surface area is 149 Å². The maximum absolute atomic E-state index is 11.3. The Kier molecular flexibility index (Phi) is 8.04. The summed E-state index contributed by atoms with van der Waals surface area (Å²) in [6.45, 7) is 3.46. The van der Waals surface area contributed by atoms with Gasteiger partial charge in [-0.05, 0) is 13.8 Å². The first kappa shape index (κ1) is 22.1. The Balaban J connectivity index is 2.53. The Morgan fingerprint density at radius 2 is 2.04 bits per heavy atom. The summed E-state index contributed by atoms with van der Waals surface area (Å²) in [7, 11) is -9.98. The standard InChI is InChI=1S/C11H20N4O7P2S/c1-7(13-5-9-6-14-8(2)15-11(9)12)10(25)3-4-21-24(19,20)22-23(16,17)18/h6,13,25H,3-5H2,1-2H3,(H,19,20)(H2,12,14,15)(H2,16,17,18)/b10-7-. The molecular weight excluding hydrogens is 394 g/mol. The fourth-order valence-corrected chi connectivity index (χ4v) is 3.34. The topological polar surface area (TPSA) is 177 Å². The Morgan fingerprint density at radius 1 is 1.40 bits per heavy atom. The fraction of sp³-hybridized carbons (Fsp3) is 0.455. The van der Waals surface area contributed by atoms with Crippen molar-refractivity contribution >= 4 is 34.1 Å². The van der Waals surface area contributed by atoms with Gasteiger partial charge in [-0.2, -0.15) is 4.31 Å². The Bertz CT molecular complexity index is 739. The molecule has 0 aliphatic rings. The monoisotopic (exact) mass is 414 g/mol. The van der Waals surface area contributed by atoms with Gasteiger partial charge >= 0.3 is 15.6 Å². The molecule has 0 saturated heterocycles. The number of thiol groups is 1. The number of hydrogen-bond donors (Lipinski definition) is 6. The number of allylic oxidation sites excluding steroid dienone is 1. The van der Waals surface area contributed by atoms with Gasteiger partial charge in [-0.15, -0.1) is 12.6 Å². The van der Waals surface area contributed by atoms with Crippen LogP contribution in [-0.2, 0) is 24.5 Å². The third kappa shape index (κ3) is 8.80. The highest BCUT2D eigenvalue weighted by Gasteiger charge is 2.32. The van der Waals surface area contributed by atoms with Crippen molar-refractivity contribution in [3.05, 3.63) is 28.2 Å². The van der Waals surface area contributed by atoms with E-state index in [4.69, 9.17) is 20.4 Å². The van der Waals surface area contributed by atoms with Crippen LogP contribution in [0.15, 0.2) is 16.8 Å².